The molecule has 2 heterocycles. The largest absolute Gasteiger partial charge is 0.334 e. The number of pyridine rings is 1. The third-order valence-corrected chi connectivity index (χ3v) is 4.16. The molecule has 1 radical (unpaired) electrons. The van der Waals surface area contributed by atoms with Crippen molar-refractivity contribution >= 4 is 21.8 Å². The molecule has 4 rings (SSSR count). The van der Waals surface area contributed by atoms with Gasteiger partial charge in [0.15, 0.2) is 0 Å². The van der Waals surface area contributed by atoms with E-state index in [9.17, 15) is 0 Å². The van der Waals surface area contributed by atoms with E-state index >= 15 is 0 Å². The van der Waals surface area contributed by atoms with E-state index in [2.05, 4.69) is 84.1 Å². The van der Waals surface area contributed by atoms with Crippen molar-refractivity contribution in [2.24, 2.45) is 0 Å². The van der Waals surface area contributed by atoms with Gasteiger partial charge in [-0.15, -0.1) is 0 Å². The van der Waals surface area contributed by atoms with Gasteiger partial charge in [-0.2, -0.15) is 0 Å². The Hall–Kier alpha value is -2.61. The van der Waals surface area contributed by atoms with Crippen LogP contribution in [0.1, 0.15) is 17.0 Å². The zero-order valence-electron chi connectivity index (χ0n) is 12.6. The van der Waals surface area contributed by atoms with Crippen molar-refractivity contribution in [3.8, 4) is 0 Å². The molecule has 2 aromatic heterocycles. The predicted molar refractivity (Wildman–Crippen MR) is 92.0 cm³/mol. The first-order valence-electron chi connectivity index (χ1n) is 7.48. The molecule has 2 aromatic carbocycles. The molecule has 0 aliphatic heterocycles. The predicted octanol–water partition coefficient (Wildman–Crippen LogP) is 4.73. The maximum atomic E-state index is 4.57. The van der Waals surface area contributed by atoms with E-state index in [1.807, 2.05) is 0 Å². The Morgan fingerprint density at radius 1 is 0.955 bits per heavy atom. The Morgan fingerprint density at radius 3 is 2.50 bits per heavy atom. The summed E-state index contributed by atoms with van der Waals surface area (Å²) in [4.78, 5) is 4.57. The normalized spacial score (nSPS) is 11.4. The summed E-state index contributed by atoms with van der Waals surface area (Å²) >= 11 is 0. The van der Waals surface area contributed by atoms with Crippen molar-refractivity contribution < 1.29 is 0 Å². The minimum atomic E-state index is 0.826. The van der Waals surface area contributed by atoms with Gasteiger partial charge < -0.3 is 4.57 Å². The van der Waals surface area contributed by atoms with Gasteiger partial charge in [0.1, 0.15) is 0 Å². The molecule has 22 heavy (non-hydrogen) atoms. The average molecular weight is 285 g/mol. The quantitative estimate of drug-likeness (QED) is 0.520. The van der Waals surface area contributed by atoms with Crippen LogP contribution in [0.4, 0.5) is 0 Å². The van der Waals surface area contributed by atoms with Gasteiger partial charge in [-0.25, -0.2) is 0 Å². The van der Waals surface area contributed by atoms with E-state index in [1.54, 1.807) is 0 Å². The lowest BCUT2D eigenvalue weighted by atomic mass is 10.1. The lowest BCUT2D eigenvalue weighted by Crippen LogP contribution is -2.01. The van der Waals surface area contributed by atoms with Crippen LogP contribution in [0.2, 0.25) is 0 Å². The van der Waals surface area contributed by atoms with Crippen molar-refractivity contribution in [3.05, 3.63) is 84.5 Å². The monoisotopic (exact) mass is 285 g/mol. The third kappa shape index (κ3) is 2.00. The molecule has 2 heteroatoms. The Balaban J connectivity index is 2.06. The standard InChI is InChI=1S/C20H17N2/c1-14-12-18-17-10-6-7-11-19(17)22(20(18)15(2)21-14)13-16-8-4-3-5-9-16/h3-12H,1,13H2,2H3. The van der Waals surface area contributed by atoms with Gasteiger partial charge >= 0.3 is 0 Å². The second-order valence-corrected chi connectivity index (χ2v) is 5.68. The Bertz CT molecular complexity index is 965. The minimum absolute atomic E-state index is 0.826. The molecule has 0 bridgehead atoms. The van der Waals surface area contributed by atoms with Gasteiger partial charge in [-0.1, -0.05) is 48.5 Å². The molecule has 107 valence electrons. The summed E-state index contributed by atoms with van der Waals surface area (Å²) < 4.78 is 2.36. The number of aromatic nitrogens is 2. The number of rotatable bonds is 2. The highest BCUT2D eigenvalue weighted by atomic mass is 15.0. The van der Waals surface area contributed by atoms with Crippen LogP contribution in [-0.4, -0.2) is 9.55 Å². The van der Waals surface area contributed by atoms with Crippen LogP contribution in [0.25, 0.3) is 21.8 Å². The summed E-state index contributed by atoms with van der Waals surface area (Å²) in [7, 11) is 0. The summed E-state index contributed by atoms with van der Waals surface area (Å²) in [5, 5.41) is 2.51. The average Bonchev–Trinajstić information content (AvgIpc) is 2.83. The Labute approximate surface area is 130 Å². The third-order valence-electron chi connectivity index (χ3n) is 4.16. The molecule has 0 aliphatic carbocycles. The van der Waals surface area contributed by atoms with Crippen LogP contribution in [0, 0.1) is 13.8 Å². The van der Waals surface area contributed by atoms with Crippen LogP contribution >= 0.6 is 0 Å². The van der Waals surface area contributed by atoms with E-state index in [4.69, 9.17) is 0 Å². The maximum Gasteiger partial charge on any atom is 0.0710 e. The second kappa shape index (κ2) is 4.99. The molecule has 0 amide bonds. The lowest BCUT2D eigenvalue weighted by molar-refractivity contribution is 0.862. The Morgan fingerprint density at radius 2 is 1.68 bits per heavy atom. The molecule has 0 saturated carbocycles. The zero-order valence-corrected chi connectivity index (χ0v) is 12.6. The zero-order chi connectivity index (χ0) is 15.1. The molecule has 0 aliphatic rings. The van der Waals surface area contributed by atoms with Gasteiger partial charge in [0.2, 0.25) is 0 Å². The van der Waals surface area contributed by atoms with E-state index in [0.717, 1.165) is 17.9 Å². The summed E-state index contributed by atoms with van der Waals surface area (Å²) in [6, 6.07) is 21.2. The summed E-state index contributed by atoms with van der Waals surface area (Å²) in [5.74, 6) is 0. The lowest BCUT2D eigenvalue weighted by Gasteiger charge is -2.09. The molecule has 0 atom stereocenters. The van der Waals surface area contributed by atoms with Gasteiger partial charge in [0.25, 0.3) is 0 Å². The highest BCUT2D eigenvalue weighted by molar-refractivity contribution is 6.08. The number of aryl methyl sites for hydroxylation is 1. The molecule has 4 aromatic rings. The summed E-state index contributed by atoms with van der Waals surface area (Å²) in [6.45, 7) is 6.93. The first kappa shape index (κ1) is 13.1. The number of para-hydroxylation sites is 1. The molecule has 0 saturated heterocycles. The van der Waals surface area contributed by atoms with E-state index < -0.39 is 0 Å². The van der Waals surface area contributed by atoms with Gasteiger partial charge in [-0.3, -0.25) is 4.98 Å². The van der Waals surface area contributed by atoms with Gasteiger partial charge in [-0.05, 0) is 31.5 Å². The maximum absolute atomic E-state index is 4.57. The smallest absolute Gasteiger partial charge is 0.0710 e. The molecular weight excluding hydrogens is 268 g/mol. The first-order chi connectivity index (χ1) is 10.7. The van der Waals surface area contributed by atoms with Crippen LogP contribution in [0.3, 0.4) is 0 Å². The molecular formula is C20H17N2. The highest BCUT2D eigenvalue weighted by Gasteiger charge is 2.13. The van der Waals surface area contributed by atoms with Crippen LogP contribution in [0.15, 0.2) is 60.7 Å². The number of hydrogen-bond acceptors (Lipinski definition) is 1. The van der Waals surface area contributed by atoms with Crippen molar-refractivity contribution in [1.29, 1.82) is 0 Å². The fourth-order valence-electron chi connectivity index (χ4n) is 3.26. The van der Waals surface area contributed by atoms with Crippen LogP contribution in [0.5, 0.6) is 0 Å². The Kier molecular flexibility index (Phi) is 2.97. The molecule has 0 fully saturated rings. The first-order valence-corrected chi connectivity index (χ1v) is 7.48. The topological polar surface area (TPSA) is 17.8 Å². The number of hydrogen-bond donors (Lipinski definition) is 0. The minimum Gasteiger partial charge on any atom is -0.334 e. The van der Waals surface area contributed by atoms with Crippen LogP contribution < -0.4 is 0 Å². The summed E-state index contributed by atoms with van der Waals surface area (Å²) in [5.41, 5.74) is 5.61. The number of fused-ring (bicyclic) bond motifs is 3. The summed E-state index contributed by atoms with van der Waals surface area (Å²) in [6.07, 6.45) is 0. The van der Waals surface area contributed by atoms with Crippen molar-refractivity contribution in [2.75, 3.05) is 0 Å². The SMILES string of the molecule is [CH2]c1cc2c3ccccc3n(Cc3ccccc3)c2c(C)n1. The molecule has 2 nitrogen and oxygen atoms in total. The highest BCUT2D eigenvalue weighted by Crippen LogP contribution is 2.31. The molecule has 0 spiro atoms. The fourth-order valence-corrected chi connectivity index (χ4v) is 3.26. The fraction of sp³-hybridized carbons (Fsp3) is 0.100. The van der Waals surface area contributed by atoms with Crippen molar-refractivity contribution in [1.82, 2.24) is 9.55 Å². The van der Waals surface area contributed by atoms with Crippen LogP contribution in [-0.2, 0) is 6.54 Å². The number of benzene rings is 2. The van der Waals surface area contributed by atoms with Gasteiger partial charge in [0.05, 0.1) is 11.2 Å². The second-order valence-electron chi connectivity index (χ2n) is 5.68. The number of nitrogens with zero attached hydrogens (tertiary/aromatic N) is 2. The van der Waals surface area contributed by atoms with Crippen molar-refractivity contribution in [3.63, 3.8) is 0 Å². The van der Waals surface area contributed by atoms with Gasteiger partial charge in [0, 0.05) is 28.5 Å². The van der Waals surface area contributed by atoms with E-state index in [-0.39, 0.29) is 0 Å². The molecule has 0 unspecified atom stereocenters. The van der Waals surface area contributed by atoms with E-state index in [1.165, 1.54) is 27.4 Å². The van der Waals surface area contributed by atoms with E-state index in [0.29, 0.717) is 0 Å². The van der Waals surface area contributed by atoms with Crippen molar-refractivity contribution in [2.45, 2.75) is 13.5 Å². The molecule has 0 N–H and O–H groups in total.